The van der Waals surface area contributed by atoms with E-state index in [1.165, 1.54) is 9.80 Å². The third-order valence-corrected chi connectivity index (χ3v) is 6.25. The van der Waals surface area contributed by atoms with Crippen molar-refractivity contribution < 1.29 is 33.8 Å². The van der Waals surface area contributed by atoms with Gasteiger partial charge in [-0.25, -0.2) is 14.5 Å². The summed E-state index contributed by atoms with van der Waals surface area (Å²) in [7, 11) is 0. The van der Waals surface area contributed by atoms with E-state index in [0.29, 0.717) is 19.8 Å². The van der Waals surface area contributed by atoms with Crippen LogP contribution in [0.4, 0.5) is 9.59 Å². The molecule has 4 aliphatic rings. The maximum atomic E-state index is 12.8. The molecule has 0 radical (unpaired) electrons. The van der Waals surface area contributed by atoms with E-state index in [1.807, 2.05) is 0 Å². The van der Waals surface area contributed by atoms with E-state index >= 15 is 0 Å². The van der Waals surface area contributed by atoms with Crippen LogP contribution in [-0.4, -0.2) is 111 Å². The van der Waals surface area contributed by atoms with Gasteiger partial charge < -0.3 is 24.4 Å². The molecule has 4 aliphatic heterocycles. The Hall–Kier alpha value is -2.24. The molecule has 3 unspecified atom stereocenters. The zero-order valence-corrected chi connectivity index (χ0v) is 17.7. The summed E-state index contributed by atoms with van der Waals surface area (Å²) in [5.74, 6) is -0.903. The minimum atomic E-state index is -1.45. The smallest absolute Gasteiger partial charge is 0.329 e. The van der Waals surface area contributed by atoms with Gasteiger partial charge >= 0.3 is 12.1 Å². The fraction of sp³-hybridized carbons (Fsp3) is 0.789. The Balaban J connectivity index is 1.42. The van der Waals surface area contributed by atoms with E-state index in [-0.39, 0.29) is 37.6 Å². The summed E-state index contributed by atoms with van der Waals surface area (Å²) in [6, 6.07) is -1.06. The standard InChI is InChI=1S/C19H28N4O7/c1-18(2)14(25)20(16(27)21(18)7-11-9-29-11)6-5-13(24)23-15(26)19(3,4)22(17(23)28)8-12-10-30-12/h11-13,24H,5-10H2,1-4H3. The summed E-state index contributed by atoms with van der Waals surface area (Å²) in [5.41, 5.74) is -2.12. The van der Waals surface area contributed by atoms with Gasteiger partial charge in [0.05, 0.1) is 38.5 Å². The summed E-state index contributed by atoms with van der Waals surface area (Å²) in [4.78, 5) is 55.9. The molecule has 4 fully saturated rings. The lowest BCUT2D eigenvalue weighted by atomic mass is 10.0. The number of amides is 6. The Kier molecular flexibility index (Phi) is 4.83. The van der Waals surface area contributed by atoms with Crippen molar-refractivity contribution in [3.63, 3.8) is 0 Å². The minimum absolute atomic E-state index is 0.0601. The van der Waals surface area contributed by atoms with Gasteiger partial charge in [0.2, 0.25) is 0 Å². The average molecular weight is 424 g/mol. The molecule has 4 rings (SSSR count). The Morgan fingerprint density at radius 1 is 0.900 bits per heavy atom. The summed E-state index contributed by atoms with van der Waals surface area (Å²) in [6.45, 7) is 8.17. The molecule has 0 bridgehead atoms. The Labute approximate surface area is 174 Å². The topological polar surface area (TPSA) is 127 Å². The maximum absolute atomic E-state index is 12.8. The second-order valence-electron chi connectivity index (χ2n) is 9.22. The number of rotatable bonds is 8. The van der Waals surface area contributed by atoms with Gasteiger partial charge in [-0.1, -0.05) is 0 Å². The van der Waals surface area contributed by atoms with Crippen molar-refractivity contribution in [1.29, 1.82) is 0 Å². The fourth-order valence-corrected chi connectivity index (χ4v) is 3.98. The van der Waals surface area contributed by atoms with Crippen LogP contribution in [0.15, 0.2) is 0 Å². The number of carbonyl (C=O) groups excluding carboxylic acids is 4. The van der Waals surface area contributed by atoms with Gasteiger partial charge in [0, 0.05) is 13.0 Å². The number of hydrogen-bond acceptors (Lipinski definition) is 7. The molecular formula is C19H28N4O7. The molecule has 0 saturated carbocycles. The van der Waals surface area contributed by atoms with E-state index in [9.17, 15) is 24.3 Å². The van der Waals surface area contributed by atoms with Crippen LogP contribution in [0.2, 0.25) is 0 Å². The molecule has 0 spiro atoms. The second kappa shape index (κ2) is 6.89. The first-order valence-corrected chi connectivity index (χ1v) is 10.2. The van der Waals surface area contributed by atoms with Crippen LogP contribution in [0.3, 0.4) is 0 Å². The number of epoxide rings is 2. The molecule has 11 heteroatoms. The summed E-state index contributed by atoms with van der Waals surface area (Å²) in [5, 5.41) is 10.6. The lowest BCUT2D eigenvalue weighted by molar-refractivity contribution is -0.138. The third kappa shape index (κ3) is 3.34. The maximum Gasteiger partial charge on any atom is 0.329 e. The van der Waals surface area contributed by atoms with Gasteiger partial charge in [-0.15, -0.1) is 0 Å². The van der Waals surface area contributed by atoms with Gasteiger partial charge in [0.1, 0.15) is 17.3 Å². The minimum Gasteiger partial charge on any atom is -0.373 e. The molecule has 30 heavy (non-hydrogen) atoms. The Bertz CT molecular complexity index is 790. The highest BCUT2D eigenvalue weighted by molar-refractivity contribution is 6.07. The molecule has 0 aliphatic carbocycles. The number of aliphatic hydroxyl groups is 1. The van der Waals surface area contributed by atoms with E-state index < -0.39 is 35.3 Å². The van der Waals surface area contributed by atoms with Crippen LogP contribution in [0, 0.1) is 0 Å². The molecule has 4 saturated heterocycles. The largest absolute Gasteiger partial charge is 0.373 e. The monoisotopic (exact) mass is 424 g/mol. The number of carbonyl (C=O) groups is 4. The number of urea groups is 2. The van der Waals surface area contributed by atoms with Crippen molar-refractivity contribution in [2.45, 2.75) is 63.6 Å². The fourth-order valence-electron chi connectivity index (χ4n) is 3.98. The van der Waals surface area contributed by atoms with Gasteiger partial charge in [-0.2, -0.15) is 0 Å². The number of imide groups is 2. The Morgan fingerprint density at radius 2 is 1.37 bits per heavy atom. The predicted octanol–water partition coefficient (Wildman–Crippen LogP) is -0.422. The Morgan fingerprint density at radius 3 is 1.87 bits per heavy atom. The van der Waals surface area contributed by atoms with Crippen LogP contribution in [0.25, 0.3) is 0 Å². The van der Waals surface area contributed by atoms with Gasteiger partial charge in [-0.05, 0) is 27.7 Å². The number of ether oxygens (including phenoxy) is 2. The van der Waals surface area contributed by atoms with Crippen LogP contribution >= 0.6 is 0 Å². The lowest BCUT2D eigenvalue weighted by Gasteiger charge is -2.26. The molecule has 0 aromatic heterocycles. The van der Waals surface area contributed by atoms with E-state index in [2.05, 4.69) is 0 Å². The summed E-state index contributed by atoms with van der Waals surface area (Å²) >= 11 is 0. The second-order valence-corrected chi connectivity index (χ2v) is 9.22. The molecule has 4 heterocycles. The predicted molar refractivity (Wildman–Crippen MR) is 101 cm³/mol. The molecule has 0 aromatic carbocycles. The van der Waals surface area contributed by atoms with Gasteiger partial charge in [0.15, 0.2) is 0 Å². The van der Waals surface area contributed by atoms with Crippen LogP contribution < -0.4 is 0 Å². The molecule has 166 valence electrons. The van der Waals surface area contributed by atoms with Crippen LogP contribution in [-0.2, 0) is 19.1 Å². The van der Waals surface area contributed by atoms with Crippen molar-refractivity contribution in [1.82, 2.24) is 19.6 Å². The van der Waals surface area contributed by atoms with Gasteiger partial charge in [-0.3, -0.25) is 14.5 Å². The number of aliphatic hydroxyl groups excluding tert-OH is 1. The molecular weight excluding hydrogens is 396 g/mol. The molecule has 0 aromatic rings. The first kappa shape index (κ1) is 21.0. The number of nitrogens with zero attached hydrogens (tertiary/aromatic N) is 4. The summed E-state index contributed by atoms with van der Waals surface area (Å²) in [6.07, 6.45) is -1.72. The summed E-state index contributed by atoms with van der Waals surface area (Å²) < 4.78 is 10.3. The SMILES string of the molecule is CC1(C)C(=O)N(CCC(O)N2C(=O)N(CC3CO3)C(C)(C)C2=O)C(=O)N1CC1CO1. The molecule has 11 nitrogen and oxygen atoms in total. The average Bonchev–Trinajstić information content (AvgIpc) is 3.57. The quantitative estimate of drug-likeness (QED) is 0.414. The van der Waals surface area contributed by atoms with Crippen molar-refractivity contribution in [2.24, 2.45) is 0 Å². The van der Waals surface area contributed by atoms with Crippen molar-refractivity contribution in [3.05, 3.63) is 0 Å². The van der Waals surface area contributed by atoms with Crippen LogP contribution in [0.5, 0.6) is 0 Å². The first-order valence-electron chi connectivity index (χ1n) is 10.2. The van der Waals surface area contributed by atoms with Gasteiger partial charge in [0.25, 0.3) is 11.8 Å². The van der Waals surface area contributed by atoms with Crippen molar-refractivity contribution in [3.8, 4) is 0 Å². The normalized spacial score (nSPS) is 30.6. The number of hydrogen-bond donors (Lipinski definition) is 1. The first-order chi connectivity index (χ1) is 14.0. The van der Waals surface area contributed by atoms with Crippen molar-refractivity contribution >= 4 is 23.9 Å². The molecule has 3 atom stereocenters. The van der Waals surface area contributed by atoms with E-state index in [4.69, 9.17) is 9.47 Å². The highest BCUT2D eigenvalue weighted by atomic mass is 16.6. The zero-order valence-electron chi connectivity index (χ0n) is 17.7. The molecule has 1 N–H and O–H groups in total. The highest BCUT2D eigenvalue weighted by Gasteiger charge is 2.55. The van der Waals surface area contributed by atoms with Crippen molar-refractivity contribution in [2.75, 3.05) is 32.8 Å². The van der Waals surface area contributed by atoms with E-state index in [0.717, 1.165) is 9.80 Å². The molecule has 6 amide bonds. The highest BCUT2D eigenvalue weighted by Crippen LogP contribution is 2.33. The third-order valence-electron chi connectivity index (χ3n) is 6.25. The van der Waals surface area contributed by atoms with E-state index in [1.54, 1.807) is 27.7 Å². The zero-order chi connectivity index (χ0) is 22.0. The lowest BCUT2D eigenvalue weighted by Crippen LogP contribution is -2.46. The van der Waals surface area contributed by atoms with Crippen LogP contribution in [0.1, 0.15) is 34.1 Å².